The number of anilines is 1. The van der Waals surface area contributed by atoms with E-state index in [1.54, 1.807) is 10.9 Å². The molecule has 120 valence electrons. The molecule has 0 bridgehead atoms. The molecule has 1 amide bonds. The molecule has 0 spiro atoms. The molecule has 6 nitrogen and oxygen atoms in total. The van der Waals surface area contributed by atoms with Crippen LogP contribution in [-0.4, -0.2) is 25.2 Å². The van der Waals surface area contributed by atoms with Gasteiger partial charge in [0.1, 0.15) is 18.2 Å². The minimum Gasteiger partial charge on any atom is -0.318 e. The lowest BCUT2D eigenvalue weighted by atomic mass is 10.3. The molecule has 0 unspecified atom stereocenters. The maximum Gasteiger partial charge on any atom is 0.245 e. The zero-order valence-electron chi connectivity index (χ0n) is 13.7. The molecule has 1 N–H and O–H groups in total. The van der Waals surface area contributed by atoms with Gasteiger partial charge in [-0.1, -0.05) is 19.1 Å². The summed E-state index contributed by atoms with van der Waals surface area (Å²) in [5.41, 5.74) is 1.90. The highest BCUT2D eigenvalue weighted by atomic mass is 16.2. The number of carbonyl (C=O) groups excluding carboxylic acids is 1. The van der Waals surface area contributed by atoms with Crippen LogP contribution in [0, 0.1) is 0 Å². The Balaban J connectivity index is 1.84. The molecule has 0 aliphatic carbocycles. The molecule has 2 heterocycles. The smallest absolute Gasteiger partial charge is 0.245 e. The zero-order valence-corrected chi connectivity index (χ0v) is 13.7. The molecule has 2 aromatic heterocycles. The first-order valence-corrected chi connectivity index (χ1v) is 7.87. The summed E-state index contributed by atoms with van der Waals surface area (Å²) in [6, 6.07) is 9.89. The zero-order chi connectivity index (χ0) is 16.4. The average Bonchev–Trinajstić information content (AvgIpc) is 3.12. The van der Waals surface area contributed by atoms with Gasteiger partial charge in [-0.05, 0) is 26.0 Å². The fourth-order valence-electron chi connectivity index (χ4n) is 2.72. The average molecular weight is 311 g/mol. The van der Waals surface area contributed by atoms with Gasteiger partial charge in [0, 0.05) is 18.5 Å². The molecule has 3 rings (SSSR count). The topological polar surface area (TPSA) is 64.7 Å². The molecule has 0 fully saturated rings. The van der Waals surface area contributed by atoms with Crippen molar-refractivity contribution in [2.75, 3.05) is 5.32 Å². The first-order valence-electron chi connectivity index (χ1n) is 7.87. The maximum atomic E-state index is 12.5. The third-order valence-corrected chi connectivity index (χ3v) is 3.78. The summed E-state index contributed by atoms with van der Waals surface area (Å²) in [6.07, 6.45) is 2.48. The number of amides is 1. The van der Waals surface area contributed by atoms with Gasteiger partial charge >= 0.3 is 0 Å². The van der Waals surface area contributed by atoms with E-state index in [0.29, 0.717) is 5.82 Å². The van der Waals surface area contributed by atoms with Gasteiger partial charge in [-0.15, -0.1) is 0 Å². The SMILES string of the molecule is CCc1nc2ccccc2n1CC(=O)Nc1ccnn1C(C)C. The van der Waals surface area contributed by atoms with Crippen LogP contribution < -0.4 is 5.32 Å². The van der Waals surface area contributed by atoms with Crippen LogP contribution in [0.5, 0.6) is 0 Å². The molecular weight excluding hydrogens is 290 g/mol. The summed E-state index contributed by atoms with van der Waals surface area (Å²) in [7, 11) is 0. The predicted octanol–water partition coefficient (Wildman–Crippen LogP) is 3.01. The summed E-state index contributed by atoms with van der Waals surface area (Å²) < 4.78 is 3.77. The van der Waals surface area contributed by atoms with Crippen molar-refractivity contribution in [3.05, 3.63) is 42.4 Å². The molecule has 0 radical (unpaired) electrons. The molecule has 6 heteroatoms. The van der Waals surface area contributed by atoms with Crippen LogP contribution in [0.4, 0.5) is 5.82 Å². The van der Waals surface area contributed by atoms with Crippen molar-refractivity contribution in [1.82, 2.24) is 19.3 Å². The van der Waals surface area contributed by atoms with Gasteiger partial charge in [-0.2, -0.15) is 5.10 Å². The third-order valence-electron chi connectivity index (χ3n) is 3.78. The van der Waals surface area contributed by atoms with E-state index in [4.69, 9.17) is 0 Å². The summed E-state index contributed by atoms with van der Waals surface area (Å²) >= 11 is 0. The quantitative estimate of drug-likeness (QED) is 0.787. The fraction of sp³-hybridized carbons (Fsp3) is 0.353. The second-order valence-corrected chi connectivity index (χ2v) is 5.76. The normalized spacial score (nSPS) is 11.3. The van der Waals surface area contributed by atoms with Crippen LogP contribution in [0.25, 0.3) is 11.0 Å². The number of aromatic nitrogens is 4. The van der Waals surface area contributed by atoms with E-state index in [1.807, 2.05) is 55.7 Å². The highest BCUT2D eigenvalue weighted by Crippen LogP contribution is 2.17. The number of nitrogens with zero attached hydrogens (tertiary/aromatic N) is 4. The van der Waals surface area contributed by atoms with E-state index >= 15 is 0 Å². The molecular formula is C17H21N5O. The first kappa shape index (κ1) is 15.3. The van der Waals surface area contributed by atoms with Crippen molar-refractivity contribution in [2.24, 2.45) is 0 Å². The minimum absolute atomic E-state index is 0.0785. The Labute approximate surface area is 135 Å². The molecule has 23 heavy (non-hydrogen) atoms. The Morgan fingerprint density at radius 1 is 1.26 bits per heavy atom. The van der Waals surface area contributed by atoms with E-state index in [0.717, 1.165) is 23.3 Å². The second-order valence-electron chi connectivity index (χ2n) is 5.76. The Bertz CT molecular complexity index is 830. The summed E-state index contributed by atoms with van der Waals surface area (Å²) in [4.78, 5) is 17.1. The number of benzene rings is 1. The third kappa shape index (κ3) is 2.97. The number of carbonyl (C=O) groups is 1. The van der Waals surface area contributed by atoms with Gasteiger partial charge in [0.25, 0.3) is 0 Å². The number of imidazole rings is 1. The molecule has 3 aromatic rings. The van der Waals surface area contributed by atoms with Crippen molar-refractivity contribution in [3.63, 3.8) is 0 Å². The highest BCUT2D eigenvalue weighted by Gasteiger charge is 2.14. The second kappa shape index (κ2) is 6.24. The van der Waals surface area contributed by atoms with Crippen LogP contribution >= 0.6 is 0 Å². The van der Waals surface area contributed by atoms with Gasteiger partial charge in [0.15, 0.2) is 0 Å². The van der Waals surface area contributed by atoms with Gasteiger partial charge in [-0.25, -0.2) is 9.67 Å². The maximum absolute atomic E-state index is 12.5. The van der Waals surface area contributed by atoms with E-state index in [9.17, 15) is 4.79 Å². The van der Waals surface area contributed by atoms with Crippen LogP contribution in [0.3, 0.4) is 0 Å². The summed E-state index contributed by atoms with van der Waals surface area (Å²) in [5, 5.41) is 7.17. The number of nitrogens with one attached hydrogen (secondary N) is 1. The lowest BCUT2D eigenvalue weighted by Gasteiger charge is -2.13. The van der Waals surface area contributed by atoms with Crippen LogP contribution in [0.1, 0.15) is 32.6 Å². The van der Waals surface area contributed by atoms with Gasteiger partial charge in [0.05, 0.1) is 17.2 Å². The number of hydrogen-bond donors (Lipinski definition) is 1. The molecule has 0 saturated carbocycles. The van der Waals surface area contributed by atoms with Crippen LogP contribution in [-0.2, 0) is 17.8 Å². The largest absolute Gasteiger partial charge is 0.318 e. The number of aryl methyl sites for hydroxylation is 1. The molecule has 0 aliphatic rings. The van der Waals surface area contributed by atoms with Crippen LogP contribution in [0.2, 0.25) is 0 Å². The van der Waals surface area contributed by atoms with Gasteiger partial charge in [-0.3, -0.25) is 4.79 Å². The summed E-state index contributed by atoms with van der Waals surface area (Å²) in [5.74, 6) is 1.55. The van der Waals surface area contributed by atoms with E-state index < -0.39 is 0 Å². The predicted molar refractivity (Wildman–Crippen MR) is 90.4 cm³/mol. The van der Waals surface area contributed by atoms with Crippen molar-refractivity contribution >= 4 is 22.8 Å². The Hall–Kier alpha value is -2.63. The van der Waals surface area contributed by atoms with Gasteiger partial charge < -0.3 is 9.88 Å². The number of hydrogen-bond acceptors (Lipinski definition) is 3. The Kier molecular flexibility index (Phi) is 4.14. The summed E-state index contributed by atoms with van der Waals surface area (Å²) in [6.45, 7) is 6.35. The van der Waals surface area contributed by atoms with Crippen molar-refractivity contribution < 1.29 is 4.79 Å². The van der Waals surface area contributed by atoms with Crippen molar-refractivity contribution in [1.29, 1.82) is 0 Å². The standard InChI is InChI=1S/C17H21N5O/c1-4-15-19-13-7-5-6-8-14(13)21(15)11-17(23)20-16-9-10-18-22(16)12(2)3/h5-10,12H,4,11H2,1-3H3,(H,20,23). The Morgan fingerprint density at radius 2 is 2.04 bits per heavy atom. The molecule has 1 aromatic carbocycles. The van der Waals surface area contributed by atoms with Gasteiger partial charge in [0.2, 0.25) is 5.91 Å². The molecule has 0 atom stereocenters. The van der Waals surface area contributed by atoms with E-state index in [2.05, 4.69) is 15.4 Å². The highest BCUT2D eigenvalue weighted by molar-refractivity contribution is 5.91. The van der Waals surface area contributed by atoms with E-state index in [1.165, 1.54) is 0 Å². The number of para-hydroxylation sites is 2. The van der Waals surface area contributed by atoms with Crippen molar-refractivity contribution in [3.8, 4) is 0 Å². The Morgan fingerprint density at radius 3 is 2.78 bits per heavy atom. The lowest BCUT2D eigenvalue weighted by Crippen LogP contribution is -2.22. The minimum atomic E-state index is -0.0785. The monoisotopic (exact) mass is 311 g/mol. The first-order chi connectivity index (χ1) is 11.1. The fourth-order valence-corrected chi connectivity index (χ4v) is 2.72. The number of rotatable bonds is 5. The molecule has 0 saturated heterocycles. The van der Waals surface area contributed by atoms with E-state index in [-0.39, 0.29) is 18.5 Å². The van der Waals surface area contributed by atoms with Crippen molar-refractivity contribution in [2.45, 2.75) is 39.8 Å². The molecule has 0 aliphatic heterocycles. The number of fused-ring (bicyclic) bond motifs is 1. The lowest BCUT2D eigenvalue weighted by molar-refractivity contribution is -0.116. The van der Waals surface area contributed by atoms with Crippen LogP contribution in [0.15, 0.2) is 36.5 Å².